The van der Waals surface area contributed by atoms with Gasteiger partial charge in [-0.2, -0.15) is 0 Å². The summed E-state index contributed by atoms with van der Waals surface area (Å²) in [5.41, 5.74) is 1.59. The molecule has 2 heterocycles. The number of pyridine rings is 1. The number of hydrogen-bond acceptors (Lipinski definition) is 4. The number of carbonyl (C=O) groups excluding carboxylic acids is 1. The Bertz CT molecular complexity index is 944. The number of para-hydroxylation sites is 3. The molecule has 6 nitrogen and oxygen atoms in total. The van der Waals surface area contributed by atoms with Crippen molar-refractivity contribution in [1.82, 2.24) is 9.88 Å². The van der Waals surface area contributed by atoms with E-state index in [1.807, 2.05) is 66.7 Å². The lowest BCUT2D eigenvalue weighted by atomic mass is 10.2. The molecule has 4 rings (SSSR count). The Morgan fingerprint density at radius 3 is 2.70 bits per heavy atom. The Balaban J connectivity index is 1.50. The van der Waals surface area contributed by atoms with Gasteiger partial charge in [0.25, 0.3) is 0 Å². The number of aromatic nitrogens is 1. The highest BCUT2D eigenvalue weighted by Gasteiger charge is 2.23. The largest absolute Gasteiger partial charge is 0.455 e. The average Bonchev–Trinajstić information content (AvgIpc) is 3.29. The first-order valence-corrected chi connectivity index (χ1v) is 10.2. The second-order valence-corrected chi connectivity index (χ2v) is 7.22. The monoisotopic (exact) mass is 403 g/mol. The number of ether oxygens (including phenoxy) is 2. The Kier molecular flexibility index (Phi) is 6.57. The van der Waals surface area contributed by atoms with Crippen molar-refractivity contribution < 1.29 is 14.3 Å². The number of urea groups is 1. The van der Waals surface area contributed by atoms with E-state index in [4.69, 9.17) is 9.47 Å². The van der Waals surface area contributed by atoms with Gasteiger partial charge in [-0.05, 0) is 48.7 Å². The Hall–Kier alpha value is -3.38. The summed E-state index contributed by atoms with van der Waals surface area (Å²) in [6, 6.07) is 20.6. The molecule has 30 heavy (non-hydrogen) atoms. The van der Waals surface area contributed by atoms with Crippen molar-refractivity contribution in [3.8, 4) is 11.5 Å². The van der Waals surface area contributed by atoms with Crippen molar-refractivity contribution in [2.75, 3.05) is 18.5 Å². The maximum Gasteiger partial charge on any atom is 0.322 e. The third-order valence-electron chi connectivity index (χ3n) is 4.93. The minimum atomic E-state index is -0.196. The second kappa shape index (κ2) is 9.89. The molecule has 0 spiro atoms. The maximum atomic E-state index is 13.2. The highest BCUT2D eigenvalue weighted by atomic mass is 16.5. The summed E-state index contributed by atoms with van der Waals surface area (Å²) < 4.78 is 11.7. The molecule has 154 valence electrons. The second-order valence-electron chi connectivity index (χ2n) is 7.22. The zero-order chi connectivity index (χ0) is 20.6. The molecular formula is C24H25N3O3. The van der Waals surface area contributed by atoms with Gasteiger partial charge in [-0.15, -0.1) is 0 Å². The van der Waals surface area contributed by atoms with Gasteiger partial charge >= 0.3 is 6.03 Å². The van der Waals surface area contributed by atoms with Crippen LogP contribution in [-0.2, 0) is 11.3 Å². The zero-order valence-electron chi connectivity index (χ0n) is 16.7. The lowest BCUT2D eigenvalue weighted by Gasteiger charge is -2.26. The number of anilines is 1. The minimum absolute atomic E-state index is 0.0585. The Labute approximate surface area is 176 Å². The number of rotatable bonds is 7. The van der Waals surface area contributed by atoms with E-state index in [0.29, 0.717) is 30.3 Å². The number of nitrogens with zero attached hydrogens (tertiary/aromatic N) is 2. The smallest absolute Gasteiger partial charge is 0.322 e. The number of carbonyl (C=O) groups is 1. The van der Waals surface area contributed by atoms with Gasteiger partial charge < -0.3 is 19.7 Å². The minimum Gasteiger partial charge on any atom is -0.455 e. The quantitative estimate of drug-likeness (QED) is 0.597. The summed E-state index contributed by atoms with van der Waals surface area (Å²) >= 11 is 0. The maximum absolute atomic E-state index is 13.2. The fourth-order valence-electron chi connectivity index (χ4n) is 3.43. The van der Waals surface area contributed by atoms with Crippen molar-refractivity contribution >= 4 is 11.7 Å². The van der Waals surface area contributed by atoms with Crippen molar-refractivity contribution in [2.24, 2.45) is 0 Å². The number of amides is 2. The SMILES string of the molecule is O=C(Nc1ccccc1Oc1ccccc1)N(Cc1cccnc1)C[C@H]1CCCO1. The summed E-state index contributed by atoms with van der Waals surface area (Å²) in [4.78, 5) is 19.1. The van der Waals surface area contributed by atoms with E-state index in [-0.39, 0.29) is 12.1 Å². The first-order chi connectivity index (χ1) is 14.8. The van der Waals surface area contributed by atoms with Crippen LogP contribution in [0.25, 0.3) is 0 Å². The summed E-state index contributed by atoms with van der Waals surface area (Å²) in [6.07, 6.45) is 5.56. The normalized spacial score (nSPS) is 15.5. The summed E-state index contributed by atoms with van der Waals surface area (Å²) in [6.45, 7) is 1.74. The van der Waals surface area contributed by atoms with Gasteiger partial charge in [-0.1, -0.05) is 36.4 Å². The van der Waals surface area contributed by atoms with E-state index in [2.05, 4.69) is 10.3 Å². The molecule has 0 radical (unpaired) electrons. The summed E-state index contributed by atoms with van der Waals surface area (Å²) in [5, 5.41) is 3.01. The van der Waals surface area contributed by atoms with Gasteiger partial charge in [0.2, 0.25) is 0 Å². The van der Waals surface area contributed by atoms with E-state index < -0.39 is 0 Å². The number of hydrogen-bond donors (Lipinski definition) is 1. The van der Waals surface area contributed by atoms with Crippen LogP contribution in [0.1, 0.15) is 18.4 Å². The van der Waals surface area contributed by atoms with Gasteiger partial charge in [0.1, 0.15) is 5.75 Å². The molecule has 0 unspecified atom stereocenters. The fraction of sp³-hybridized carbons (Fsp3) is 0.250. The van der Waals surface area contributed by atoms with Crippen LogP contribution < -0.4 is 10.1 Å². The molecule has 0 aliphatic carbocycles. The standard InChI is InChI=1S/C24H25N3O3/c28-24(26-22-12-4-5-13-23(22)30-20-9-2-1-3-10-20)27(18-21-11-7-15-29-21)17-19-8-6-14-25-16-19/h1-6,8-10,12-14,16,21H,7,11,15,17-18H2,(H,26,28)/t21-/m1/s1. The van der Waals surface area contributed by atoms with E-state index in [0.717, 1.165) is 25.0 Å². The lowest BCUT2D eigenvalue weighted by molar-refractivity contribution is 0.0819. The zero-order valence-corrected chi connectivity index (χ0v) is 16.7. The molecule has 1 saturated heterocycles. The van der Waals surface area contributed by atoms with Gasteiger partial charge in [0.05, 0.1) is 11.8 Å². The third kappa shape index (κ3) is 5.36. The van der Waals surface area contributed by atoms with Crippen LogP contribution in [0.4, 0.5) is 10.5 Å². The molecule has 1 N–H and O–H groups in total. The van der Waals surface area contributed by atoms with Crippen LogP contribution in [0.3, 0.4) is 0 Å². The molecule has 3 aromatic rings. The van der Waals surface area contributed by atoms with Gasteiger partial charge in [-0.3, -0.25) is 4.98 Å². The van der Waals surface area contributed by atoms with Gasteiger partial charge in [-0.25, -0.2) is 4.79 Å². The van der Waals surface area contributed by atoms with Crippen LogP contribution >= 0.6 is 0 Å². The van der Waals surface area contributed by atoms with Crippen molar-refractivity contribution in [2.45, 2.75) is 25.5 Å². The van der Waals surface area contributed by atoms with E-state index >= 15 is 0 Å². The first-order valence-electron chi connectivity index (χ1n) is 10.2. The van der Waals surface area contributed by atoms with Crippen molar-refractivity contribution in [3.63, 3.8) is 0 Å². The number of nitrogens with one attached hydrogen (secondary N) is 1. The molecule has 1 aromatic heterocycles. The predicted octanol–water partition coefficient (Wildman–Crippen LogP) is 5.09. The van der Waals surface area contributed by atoms with E-state index in [1.54, 1.807) is 17.3 Å². The summed E-state index contributed by atoms with van der Waals surface area (Å²) in [7, 11) is 0. The van der Waals surface area contributed by atoms with E-state index in [1.165, 1.54) is 0 Å². The first kappa shape index (κ1) is 19.9. The highest BCUT2D eigenvalue weighted by molar-refractivity contribution is 5.91. The van der Waals surface area contributed by atoms with Crippen LogP contribution in [-0.4, -0.2) is 35.2 Å². The average molecular weight is 403 g/mol. The molecule has 1 aliphatic rings. The molecule has 1 aliphatic heterocycles. The van der Waals surface area contributed by atoms with Crippen LogP contribution in [0, 0.1) is 0 Å². The van der Waals surface area contributed by atoms with Crippen molar-refractivity contribution in [3.05, 3.63) is 84.7 Å². The van der Waals surface area contributed by atoms with Gasteiger partial charge in [0.15, 0.2) is 5.75 Å². The Morgan fingerprint density at radius 2 is 1.93 bits per heavy atom. The van der Waals surface area contributed by atoms with Crippen LogP contribution in [0.2, 0.25) is 0 Å². The fourth-order valence-corrected chi connectivity index (χ4v) is 3.43. The van der Waals surface area contributed by atoms with Gasteiger partial charge in [0, 0.05) is 32.1 Å². The number of benzene rings is 2. The van der Waals surface area contributed by atoms with Crippen LogP contribution in [0.5, 0.6) is 11.5 Å². The van der Waals surface area contributed by atoms with Crippen LogP contribution in [0.15, 0.2) is 79.1 Å². The predicted molar refractivity (Wildman–Crippen MR) is 116 cm³/mol. The highest BCUT2D eigenvalue weighted by Crippen LogP contribution is 2.29. The Morgan fingerprint density at radius 1 is 1.10 bits per heavy atom. The summed E-state index contributed by atoms with van der Waals surface area (Å²) in [5.74, 6) is 1.31. The molecular weight excluding hydrogens is 378 g/mol. The molecule has 0 saturated carbocycles. The molecule has 1 atom stereocenters. The molecule has 2 aromatic carbocycles. The van der Waals surface area contributed by atoms with E-state index in [9.17, 15) is 4.79 Å². The third-order valence-corrected chi connectivity index (χ3v) is 4.93. The molecule has 2 amide bonds. The lowest BCUT2D eigenvalue weighted by Crippen LogP contribution is -2.39. The molecule has 6 heteroatoms. The molecule has 1 fully saturated rings. The van der Waals surface area contributed by atoms with Crippen molar-refractivity contribution in [1.29, 1.82) is 0 Å². The molecule has 0 bridgehead atoms. The topological polar surface area (TPSA) is 63.7 Å².